The first-order chi connectivity index (χ1) is 21.7. The van der Waals surface area contributed by atoms with Crippen LogP contribution in [0.3, 0.4) is 0 Å². The molecule has 2 N–H and O–H groups in total. The number of fused-ring (bicyclic) bond motifs is 1. The van der Waals surface area contributed by atoms with Crippen molar-refractivity contribution in [1.82, 2.24) is 9.29 Å². The van der Waals surface area contributed by atoms with Gasteiger partial charge in [0.05, 0.1) is 25.2 Å². The van der Waals surface area contributed by atoms with Gasteiger partial charge in [0.15, 0.2) is 0 Å². The molecule has 1 amide bonds. The van der Waals surface area contributed by atoms with Crippen molar-refractivity contribution in [2.75, 3.05) is 14.2 Å². The molecule has 0 radical (unpaired) electrons. The third-order valence-electron chi connectivity index (χ3n) is 8.74. The van der Waals surface area contributed by atoms with Gasteiger partial charge in [-0.2, -0.15) is 0 Å². The molecule has 0 aliphatic heterocycles. The van der Waals surface area contributed by atoms with E-state index in [1.807, 2.05) is 37.5 Å². The Balaban J connectivity index is 1.30. The summed E-state index contributed by atoms with van der Waals surface area (Å²) in [6.07, 6.45) is 7.13. The van der Waals surface area contributed by atoms with E-state index < -0.39 is 22.0 Å². The van der Waals surface area contributed by atoms with Crippen molar-refractivity contribution < 1.29 is 27.8 Å². The summed E-state index contributed by atoms with van der Waals surface area (Å²) in [5.74, 6) is 1.15. The second kappa shape index (κ2) is 14.3. The highest BCUT2D eigenvalue weighted by atomic mass is 32.2. The number of hydrogen-bond acceptors (Lipinski definition) is 6. The average Bonchev–Trinajstić information content (AvgIpc) is 3.68. The van der Waals surface area contributed by atoms with Crippen LogP contribution in [0, 0.1) is 11.8 Å². The minimum atomic E-state index is -3.91. The maximum absolute atomic E-state index is 12.5. The van der Waals surface area contributed by atoms with Crippen molar-refractivity contribution in [2.24, 2.45) is 11.8 Å². The molecule has 0 spiro atoms. The number of sulfonamides is 1. The lowest BCUT2D eigenvalue weighted by molar-refractivity contribution is -0.119. The second-order valence-electron chi connectivity index (χ2n) is 11.8. The Kier molecular flexibility index (Phi) is 10.3. The zero-order valence-corrected chi connectivity index (χ0v) is 26.9. The van der Waals surface area contributed by atoms with E-state index >= 15 is 0 Å². The average molecular weight is 631 g/mol. The number of hydrogen-bond donors (Lipinski definition) is 2. The Morgan fingerprint density at radius 3 is 2.20 bits per heavy atom. The molecule has 0 saturated carbocycles. The molecule has 4 aromatic rings. The maximum Gasteiger partial charge on any atom is 0.264 e. The monoisotopic (exact) mass is 630 g/mol. The fourth-order valence-electron chi connectivity index (χ4n) is 6.48. The molecule has 238 valence electrons. The SMILES string of the molecule is CCc1c(OC)cc([C@@H](O)[C@@H](CC2Cc3ccccc3C2)Cn2ccc(CCC(=O)NS(=O)(=O)c3ccccc3)c2)cc1OC. The molecule has 0 unspecified atom stereocenters. The molecule has 0 bridgehead atoms. The van der Waals surface area contributed by atoms with Gasteiger partial charge < -0.3 is 19.1 Å². The van der Waals surface area contributed by atoms with E-state index in [0.29, 0.717) is 30.4 Å². The number of aromatic nitrogens is 1. The van der Waals surface area contributed by atoms with Crippen molar-refractivity contribution in [3.8, 4) is 11.5 Å². The molecular weight excluding hydrogens is 588 g/mol. The fraction of sp³-hybridized carbons (Fsp3) is 0.361. The summed E-state index contributed by atoms with van der Waals surface area (Å²) in [5.41, 5.74) is 5.39. The van der Waals surface area contributed by atoms with Gasteiger partial charge in [0.1, 0.15) is 11.5 Å². The summed E-state index contributed by atoms with van der Waals surface area (Å²) in [6.45, 7) is 2.62. The highest BCUT2D eigenvalue weighted by Gasteiger charge is 2.30. The summed E-state index contributed by atoms with van der Waals surface area (Å²) >= 11 is 0. The molecule has 8 nitrogen and oxygen atoms in total. The number of carbonyl (C=O) groups excluding carboxylic acids is 1. The van der Waals surface area contributed by atoms with Crippen molar-refractivity contribution >= 4 is 15.9 Å². The summed E-state index contributed by atoms with van der Waals surface area (Å²) < 4.78 is 40.6. The lowest BCUT2D eigenvalue weighted by Gasteiger charge is -2.27. The molecule has 1 aliphatic carbocycles. The molecule has 45 heavy (non-hydrogen) atoms. The number of amides is 1. The first-order valence-electron chi connectivity index (χ1n) is 15.5. The smallest absolute Gasteiger partial charge is 0.264 e. The molecule has 1 aromatic heterocycles. The molecule has 1 aliphatic rings. The normalized spacial score (nSPS) is 14.5. The summed E-state index contributed by atoms with van der Waals surface area (Å²) in [6, 6.07) is 22.2. The van der Waals surface area contributed by atoms with E-state index in [-0.39, 0.29) is 17.2 Å². The predicted octanol–water partition coefficient (Wildman–Crippen LogP) is 5.66. The van der Waals surface area contributed by atoms with E-state index in [1.165, 1.54) is 23.3 Å². The van der Waals surface area contributed by atoms with Crippen LogP contribution in [0.2, 0.25) is 0 Å². The standard InChI is InChI=1S/C36H42N2O6S/c1-4-32-33(43-2)21-29(22-34(32)44-3)36(40)30(20-26-18-27-10-8-9-11-28(27)19-26)24-38-17-16-25(23-38)14-15-35(39)37-45(41,42)31-12-6-5-7-13-31/h5-13,16-17,21-23,26,30,36,40H,4,14-15,18-20,24H2,1-3H3,(H,37,39)/t30-,36+/m0/s1. The van der Waals surface area contributed by atoms with Gasteiger partial charge in [-0.1, -0.05) is 49.4 Å². The van der Waals surface area contributed by atoms with Crippen LogP contribution < -0.4 is 14.2 Å². The number of carbonyl (C=O) groups is 1. The maximum atomic E-state index is 12.5. The van der Waals surface area contributed by atoms with Gasteiger partial charge in [-0.25, -0.2) is 13.1 Å². The van der Waals surface area contributed by atoms with Crippen molar-refractivity contribution in [3.63, 3.8) is 0 Å². The molecule has 3 aromatic carbocycles. The number of nitrogens with zero attached hydrogens (tertiary/aromatic N) is 1. The highest BCUT2D eigenvalue weighted by Crippen LogP contribution is 2.39. The molecule has 1 heterocycles. The quantitative estimate of drug-likeness (QED) is 0.186. The summed E-state index contributed by atoms with van der Waals surface area (Å²) in [7, 11) is -0.637. The number of nitrogens with one attached hydrogen (secondary N) is 1. The summed E-state index contributed by atoms with van der Waals surface area (Å²) in [4.78, 5) is 12.6. The van der Waals surface area contributed by atoms with E-state index in [4.69, 9.17) is 9.47 Å². The van der Waals surface area contributed by atoms with E-state index in [9.17, 15) is 18.3 Å². The Labute approximate surface area is 266 Å². The van der Waals surface area contributed by atoms with Crippen LogP contribution in [-0.4, -0.2) is 38.2 Å². The van der Waals surface area contributed by atoms with Gasteiger partial charge in [-0.15, -0.1) is 0 Å². The minimum absolute atomic E-state index is 0.0336. The van der Waals surface area contributed by atoms with Gasteiger partial charge in [0.2, 0.25) is 5.91 Å². The van der Waals surface area contributed by atoms with Crippen LogP contribution in [0.5, 0.6) is 11.5 Å². The van der Waals surface area contributed by atoms with Gasteiger partial charge in [0.25, 0.3) is 10.0 Å². The summed E-state index contributed by atoms with van der Waals surface area (Å²) in [5, 5.41) is 11.9. The van der Waals surface area contributed by atoms with Gasteiger partial charge in [-0.3, -0.25) is 4.79 Å². The van der Waals surface area contributed by atoms with E-state index in [1.54, 1.807) is 32.4 Å². The molecule has 5 rings (SSSR count). The Bertz CT molecular complexity index is 1670. The number of aliphatic hydroxyl groups is 1. The number of ether oxygens (including phenoxy) is 2. The van der Waals surface area contributed by atoms with Crippen LogP contribution in [0.15, 0.2) is 90.1 Å². The topological polar surface area (TPSA) is 107 Å². The predicted molar refractivity (Wildman–Crippen MR) is 174 cm³/mol. The van der Waals surface area contributed by atoms with Crippen molar-refractivity contribution in [1.29, 1.82) is 0 Å². The Hall–Kier alpha value is -4.08. The molecular formula is C36H42N2O6S. The van der Waals surface area contributed by atoms with Crippen LogP contribution in [0.1, 0.15) is 53.7 Å². The Morgan fingerprint density at radius 1 is 0.978 bits per heavy atom. The molecule has 0 saturated heterocycles. The Morgan fingerprint density at radius 2 is 1.60 bits per heavy atom. The lowest BCUT2D eigenvalue weighted by atomic mass is 9.85. The van der Waals surface area contributed by atoms with Crippen LogP contribution in [0.25, 0.3) is 0 Å². The zero-order valence-electron chi connectivity index (χ0n) is 26.1. The van der Waals surface area contributed by atoms with E-state index in [0.717, 1.165) is 42.4 Å². The van der Waals surface area contributed by atoms with Crippen molar-refractivity contribution in [3.05, 3.63) is 113 Å². The molecule has 0 fully saturated rings. The van der Waals surface area contributed by atoms with Gasteiger partial charge >= 0.3 is 0 Å². The lowest BCUT2D eigenvalue weighted by Crippen LogP contribution is -2.30. The first-order valence-corrected chi connectivity index (χ1v) is 16.9. The molecule has 9 heteroatoms. The fourth-order valence-corrected chi connectivity index (χ4v) is 7.52. The van der Waals surface area contributed by atoms with Gasteiger partial charge in [0, 0.05) is 36.8 Å². The van der Waals surface area contributed by atoms with Crippen LogP contribution in [0.4, 0.5) is 0 Å². The third-order valence-corrected chi connectivity index (χ3v) is 10.1. The van der Waals surface area contributed by atoms with Gasteiger partial charge in [-0.05, 0) is 90.6 Å². The van der Waals surface area contributed by atoms with Crippen molar-refractivity contribution in [2.45, 2.75) is 63.0 Å². The number of benzene rings is 3. The minimum Gasteiger partial charge on any atom is -0.496 e. The highest BCUT2D eigenvalue weighted by molar-refractivity contribution is 7.90. The van der Waals surface area contributed by atoms with Crippen LogP contribution >= 0.6 is 0 Å². The number of aliphatic hydroxyl groups excluding tert-OH is 1. The third kappa shape index (κ3) is 7.78. The van der Waals surface area contributed by atoms with E-state index in [2.05, 4.69) is 33.6 Å². The van der Waals surface area contributed by atoms with Crippen LogP contribution in [-0.2, 0) is 47.0 Å². The second-order valence-corrected chi connectivity index (χ2v) is 13.5. The largest absolute Gasteiger partial charge is 0.496 e. The number of methoxy groups -OCH3 is 2. The first kappa shape index (κ1) is 32.3. The number of rotatable bonds is 14. The zero-order chi connectivity index (χ0) is 32.0. The number of aryl methyl sites for hydroxylation is 1. The molecule has 2 atom stereocenters.